The van der Waals surface area contributed by atoms with Crippen molar-refractivity contribution >= 4 is 23.2 Å². The third-order valence-electron chi connectivity index (χ3n) is 4.13. The van der Waals surface area contributed by atoms with Crippen molar-refractivity contribution in [2.45, 2.75) is 33.4 Å². The molecule has 0 aliphatic carbocycles. The highest BCUT2D eigenvalue weighted by atomic mass is 32.1. The molecule has 1 unspecified atom stereocenters. The van der Waals surface area contributed by atoms with Gasteiger partial charge in [-0.2, -0.15) is 0 Å². The molecular weight excluding hydrogens is 358 g/mol. The molecule has 0 saturated carbocycles. The van der Waals surface area contributed by atoms with Crippen molar-refractivity contribution in [2.24, 2.45) is 5.92 Å². The summed E-state index contributed by atoms with van der Waals surface area (Å²) in [5.74, 6) is -3.40. The molecule has 140 valence electrons. The molecule has 1 atom stereocenters. The van der Waals surface area contributed by atoms with Crippen molar-refractivity contribution in [3.8, 4) is 0 Å². The number of likely N-dealkylation sites (N-methyl/N-ethyl adjacent to an activating group) is 1. The van der Waals surface area contributed by atoms with Crippen molar-refractivity contribution in [3.63, 3.8) is 0 Å². The first-order valence-electron chi connectivity index (χ1n) is 8.25. The quantitative estimate of drug-likeness (QED) is 0.830. The van der Waals surface area contributed by atoms with E-state index in [1.165, 1.54) is 11.0 Å². The number of nitrogens with one attached hydrogen (secondary N) is 1. The average molecular weight is 380 g/mol. The predicted octanol–water partition coefficient (Wildman–Crippen LogP) is 3.75. The molecule has 4 nitrogen and oxygen atoms in total. The first-order valence-corrected chi connectivity index (χ1v) is 9.13. The van der Waals surface area contributed by atoms with Gasteiger partial charge in [-0.15, -0.1) is 11.3 Å². The molecule has 1 heterocycles. The van der Waals surface area contributed by atoms with Crippen molar-refractivity contribution in [2.75, 3.05) is 7.05 Å². The van der Waals surface area contributed by atoms with E-state index in [9.17, 15) is 18.4 Å². The molecule has 0 bridgehead atoms. The monoisotopic (exact) mass is 380 g/mol. The van der Waals surface area contributed by atoms with E-state index in [1.54, 1.807) is 32.2 Å². The number of rotatable bonds is 6. The first kappa shape index (κ1) is 20.0. The van der Waals surface area contributed by atoms with Crippen molar-refractivity contribution < 1.29 is 18.4 Å². The van der Waals surface area contributed by atoms with Gasteiger partial charge in [-0.25, -0.2) is 8.78 Å². The molecule has 2 aromatic rings. The number of thiophene rings is 1. The standard InChI is InChI=1S/C19H22F2N2O2S/c1-11(2)17(19(25)23(4)10-15-12(3)8-9-26-15)22-18(24)16-13(20)6-5-7-14(16)21/h5-9,11,17H,10H2,1-4H3,(H,22,24). The Balaban J connectivity index is 2.16. The summed E-state index contributed by atoms with van der Waals surface area (Å²) in [6, 6.07) is 4.29. The second-order valence-electron chi connectivity index (χ2n) is 6.51. The van der Waals surface area contributed by atoms with Crippen LogP contribution in [0.2, 0.25) is 0 Å². The molecule has 1 aromatic carbocycles. The summed E-state index contributed by atoms with van der Waals surface area (Å²) in [5, 5.41) is 4.43. The molecule has 2 rings (SSSR count). The number of halogens is 2. The second-order valence-corrected chi connectivity index (χ2v) is 7.51. The maximum atomic E-state index is 13.8. The van der Waals surface area contributed by atoms with E-state index in [4.69, 9.17) is 0 Å². The predicted molar refractivity (Wildman–Crippen MR) is 98.0 cm³/mol. The van der Waals surface area contributed by atoms with E-state index < -0.39 is 29.1 Å². The third-order valence-corrected chi connectivity index (χ3v) is 5.14. The van der Waals surface area contributed by atoms with Gasteiger partial charge in [0, 0.05) is 11.9 Å². The van der Waals surface area contributed by atoms with Gasteiger partial charge in [0.1, 0.15) is 23.2 Å². The van der Waals surface area contributed by atoms with Gasteiger partial charge in [-0.3, -0.25) is 9.59 Å². The van der Waals surface area contributed by atoms with Gasteiger partial charge in [-0.1, -0.05) is 19.9 Å². The molecule has 26 heavy (non-hydrogen) atoms. The van der Waals surface area contributed by atoms with Crippen LogP contribution in [0.3, 0.4) is 0 Å². The number of carbonyl (C=O) groups is 2. The summed E-state index contributed by atoms with van der Waals surface area (Å²) < 4.78 is 27.6. The molecule has 0 aliphatic rings. The lowest BCUT2D eigenvalue weighted by atomic mass is 10.0. The minimum Gasteiger partial charge on any atom is -0.340 e. The molecule has 1 aromatic heterocycles. The zero-order chi connectivity index (χ0) is 19.4. The topological polar surface area (TPSA) is 49.4 Å². The minimum absolute atomic E-state index is 0.242. The van der Waals surface area contributed by atoms with Crippen LogP contribution in [0.1, 0.15) is 34.6 Å². The lowest BCUT2D eigenvalue weighted by Gasteiger charge is -2.27. The van der Waals surface area contributed by atoms with Crippen molar-refractivity contribution in [1.29, 1.82) is 0 Å². The lowest BCUT2D eigenvalue weighted by molar-refractivity contribution is -0.133. The van der Waals surface area contributed by atoms with E-state index in [2.05, 4.69) is 5.32 Å². The SMILES string of the molecule is Cc1ccsc1CN(C)C(=O)C(NC(=O)c1c(F)cccc1F)C(C)C. The zero-order valence-electron chi connectivity index (χ0n) is 15.2. The second kappa shape index (κ2) is 8.40. The minimum atomic E-state index is -0.958. The van der Waals surface area contributed by atoms with Crippen LogP contribution in [0.15, 0.2) is 29.6 Å². The van der Waals surface area contributed by atoms with Crippen LogP contribution in [-0.4, -0.2) is 29.8 Å². The number of hydrogen-bond donors (Lipinski definition) is 1. The molecule has 0 radical (unpaired) electrons. The highest BCUT2D eigenvalue weighted by molar-refractivity contribution is 7.10. The highest BCUT2D eigenvalue weighted by Gasteiger charge is 2.29. The molecule has 1 N–H and O–H groups in total. The van der Waals surface area contributed by atoms with Gasteiger partial charge in [0.25, 0.3) is 5.91 Å². The number of hydrogen-bond acceptors (Lipinski definition) is 3. The van der Waals surface area contributed by atoms with Gasteiger partial charge in [0.2, 0.25) is 5.91 Å². The Hall–Kier alpha value is -2.28. The first-order chi connectivity index (χ1) is 12.2. The van der Waals surface area contributed by atoms with Crippen LogP contribution in [0.25, 0.3) is 0 Å². The summed E-state index contributed by atoms with van der Waals surface area (Å²) in [7, 11) is 1.65. The summed E-state index contributed by atoms with van der Waals surface area (Å²) in [6.45, 7) is 5.91. The molecule has 0 aliphatic heterocycles. The summed E-state index contributed by atoms with van der Waals surface area (Å²) in [5.41, 5.74) is 0.413. The van der Waals surface area contributed by atoms with Gasteiger partial charge in [0.05, 0.1) is 6.54 Å². The number of carbonyl (C=O) groups excluding carboxylic acids is 2. The molecule has 2 amide bonds. The number of aryl methyl sites for hydroxylation is 1. The molecular formula is C19H22F2N2O2S. The molecule has 0 spiro atoms. The van der Waals surface area contributed by atoms with Crippen LogP contribution in [0, 0.1) is 24.5 Å². The Morgan fingerprint density at radius 2 is 1.81 bits per heavy atom. The van der Waals surface area contributed by atoms with E-state index in [0.29, 0.717) is 6.54 Å². The number of amides is 2. The van der Waals surface area contributed by atoms with Crippen molar-refractivity contribution in [1.82, 2.24) is 10.2 Å². The Kier molecular flexibility index (Phi) is 6.47. The number of benzene rings is 1. The smallest absolute Gasteiger partial charge is 0.257 e. The Labute approximate surface area is 155 Å². The zero-order valence-corrected chi connectivity index (χ0v) is 16.0. The van der Waals surface area contributed by atoms with Crippen LogP contribution in [0.5, 0.6) is 0 Å². The highest BCUT2D eigenvalue weighted by Crippen LogP contribution is 2.19. The third kappa shape index (κ3) is 4.46. The van der Waals surface area contributed by atoms with Gasteiger partial charge >= 0.3 is 0 Å². The van der Waals surface area contributed by atoms with Crippen LogP contribution >= 0.6 is 11.3 Å². The Morgan fingerprint density at radius 3 is 2.31 bits per heavy atom. The van der Waals surface area contributed by atoms with E-state index >= 15 is 0 Å². The fraction of sp³-hybridized carbons (Fsp3) is 0.368. The Bertz CT molecular complexity index is 784. The summed E-state index contributed by atoms with van der Waals surface area (Å²) >= 11 is 1.55. The molecule has 0 fully saturated rings. The Morgan fingerprint density at radius 1 is 1.19 bits per heavy atom. The lowest BCUT2D eigenvalue weighted by Crippen LogP contribution is -2.50. The summed E-state index contributed by atoms with van der Waals surface area (Å²) in [4.78, 5) is 27.7. The van der Waals surface area contributed by atoms with Gasteiger partial charge in [-0.05, 0) is 42.0 Å². The fourth-order valence-corrected chi connectivity index (χ4v) is 3.50. The maximum Gasteiger partial charge on any atom is 0.257 e. The van der Waals surface area contributed by atoms with E-state index in [0.717, 1.165) is 22.6 Å². The summed E-state index contributed by atoms with van der Waals surface area (Å²) in [6.07, 6.45) is 0. The maximum absolute atomic E-state index is 13.8. The molecule has 0 saturated heterocycles. The average Bonchev–Trinajstić information content (AvgIpc) is 2.96. The molecule has 7 heteroatoms. The number of nitrogens with zero attached hydrogens (tertiary/aromatic N) is 1. The largest absolute Gasteiger partial charge is 0.340 e. The van der Waals surface area contributed by atoms with Crippen LogP contribution in [0.4, 0.5) is 8.78 Å². The van der Waals surface area contributed by atoms with Gasteiger partial charge in [0.15, 0.2) is 0 Å². The van der Waals surface area contributed by atoms with E-state index in [-0.39, 0.29) is 11.8 Å². The van der Waals surface area contributed by atoms with Crippen LogP contribution in [-0.2, 0) is 11.3 Å². The van der Waals surface area contributed by atoms with Crippen LogP contribution < -0.4 is 5.32 Å². The van der Waals surface area contributed by atoms with Gasteiger partial charge < -0.3 is 10.2 Å². The van der Waals surface area contributed by atoms with E-state index in [1.807, 2.05) is 18.4 Å². The normalized spacial score (nSPS) is 12.1. The van der Waals surface area contributed by atoms with Crippen molar-refractivity contribution in [3.05, 3.63) is 57.3 Å². The fourth-order valence-electron chi connectivity index (χ4n) is 2.54.